The van der Waals surface area contributed by atoms with Gasteiger partial charge in [0.15, 0.2) is 0 Å². The summed E-state index contributed by atoms with van der Waals surface area (Å²) in [6, 6.07) is 13.0. The molecule has 0 aliphatic carbocycles. The van der Waals surface area contributed by atoms with Crippen molar-refractivity contribution >= 4 is 17.8 Å². The Bertz CT molecular complexity index is 589. The first kappa shape index (κ1) is 12.6. The molecule has 5 nitrogen and oxygen atoms in total. The molecule has 0 aliphatic heterocycles. The van der Waals surface area contributed by atoms with Crippen molar-refractivity contribution < 1.29 is 9.90 Å². The van der Waals surface area contributed by atoms with Crippen molar-refractivity contribution in [3.63, 3.8) is 0 Å². The fourth-order valence-electron chi connectivity index (χ4n) is 1.42. The molecular formula is C14H13N3O2. The van der Waals surface area contributed by atoms with Crippen LogP contribution >= 0.6 is 0 Å². The zero-order valence-corrected chi connectivity index (χ0v) is 10.1. The van der Waals surface area contributed by atoms with Crippen molar-refractivity contribution in [3.8, 4) is 5.75 Å². The van der Waals surface area contributed by atoms with Crippen LogP contribution in [0.5, 0.6) is 5.75 Å². The summed E-state index contributed by atoms with van der Waals surface area (Å²) in [5, 5.41) is 12.9. The van der Waals surface area contributed by atoms with Crippen molar-refractivity contribution in [2.24, 2.45) is 5.10 Å². The molecule has 0 heterocycles. The summed E-state index contributed by atoms with van der Waals surface area (Å²) < 4.78 is 0. The molecule has 2 aromatic rings. The fourth-order valence-corrected chi connectivity index (χ4v) is 1.42. The second kappa shape index (κ2) is 5.68. The third kappa shape index (κ3) is 3.57. The van der Waals surface area contributed by atoms with Gasteiger partial charge in [-0.1, -0.05) is 0 Å². The number of hydrazone groups is 1. The Balaban J connectivity index is 1.96. The van der Waals surface area contributed by atoms with E-state index in [1.807, 2.05) is 0 Å². The molecule has 1 amide bonds. The number of nitrogens with two attached hydrogens (primary N) is 1. The van der Waals surface area contributed by atoms with Crippen LogP contribution in [0.4, 0.5) is 5.69 Å². The van der Waals surface area contributed by atoms with Gasteiger partial charge in [-0.3, -0.25) is 4.79 Å². The van der Waals surface area contributed by atoms with Crippen LogP contribution in [0.15, 0.2) is 53.6 Å². The zero-order valence-electron chi connectivity index (χ0n) is 10.1. The maximum absolute atomic E-state index is 11.7. The predicted molar refractivity (Wildman–Crippen MR) is 74.0 cm³/mol. The molecule has 19 heavy (non-hydrogen) atoms. The molecule has 2 rings (SSSR count). The number of nitrogens with zero attached hydrogens (tertiary/aromatic N) is 1. The van der Waals surface area contributed by atoms with Crippen LogP contribution in [0.3, 0.4) is 0 Å². The Kier molecular flexibility index (Phi) is 3.78. The van der Waals surface area contributed by atoms with Gasteiger partial charge in [0.2, 0.25) is 0 Å². The van der Waals surface area contributed by atoms with Crippen molar-refractivity contribution in [1.82, 2.24) is 5.43 Å². The Morgan fingerprint density at radius 2 is 1.74 bits per heavy atom. The number of phenolic OH excluding ortho intramolecular Hbond substituents is 1. The molecule has 0 radical (unpaired) electrons. The molecule has 5 heteroatoms. The van der Waals surface area contributed by atoms with Gasteiger partial charge in [0.1, 0.15) is 5.75 Å². The van der Waals surface area contributed by atoms with Crippen LogP contribution in [-0.4, -0.2) is 17.2 Å². The lowest BCUT2D eigenvalue weighted by Crippen LogP contribution is -2.17. The molecule has 4 N–H and O–H groups in total. The average Bonchev–Trinajstić information content (AvgIpc) is 2.41. The molecule has 0 unspecified atom stereocenters. The van der Waals surface area contributed by atoms with E-state index in [9.17, 15) is 4.79 Å². The lowest BCUT2D eigenvalue weighted by molar-refractivity contribution is 0.0955. The van der Waals surface area contributed by atoms with E-state index in [0.717, 1.165) is 5.56 Å². The summed E-state index contributed by atoms with van der Waals surface area (Å²) in [5.74, 6) is -0.127. The third-order valence-corrected chi connectivity index (χ3v) is 2.45. The number of anilines is 1. The summed E-state index contributed by atoms with van der Waals surface area (Å²) in [4.78, 5) is 11.7. The molecule has 0 spiro atoms. The highest BCUT2D eigenvalue weighted by Crippen LogP contribution is 2.08. The summed E-state index contributed by atoms with van der Waals surface area (Å²) in [6.07, 6.45) is 1.49. The van der Waals surface area contributed by atoms with Gasteiger partial charge in [-0.15, -0.1) is 0 Å². The smallest absolute Gasteiger partial charge is 0.271 e. The largest absolute Gasteiger partial charge is 0.508 e. The lowest BCUT2D eigenvalue weighted by atomic mass is 10.2. The van der Waals surface area contributed by atoms with E-state index in [0.29, 0.717) is 11.3 Å². The number of rotatable bonds is 3. The highest BCUT2D eigenvalue weighted by atomic mass is 16.3. The highest BCUT2D eigenvalue weighted by molar-refractivity contribution is 5.95. The van der Waals surface area contributed by atoms with Crippen LogP contribution in [-0.2, 0) is 0 Å². The van der Waals surface area contributed by atoms with Crippen molar-refractivity contribution in [3.05, 3.63) is 59.7 Å². The van der Waals surface area contributed by atoms with Crippen LogP contribution < -0.4 is 11.2 Å². The van der Waals surface area contributed by atoms with Crippen LogP contribution in [0.1, 0.15) is 15.9 Å². The Morgan fingerprint density at radius 1 is 1.11 bits per heavy atom. The minimum Gasteiger partial charge on any atom is -0.508 e. The molecule has 0 aromatic heterocycles. The molecule has 0 bridgehead atoms. The number of hydrogen-bond acceptors (Lipinski definition) is 4. The summed E-state index contributed by atoms with van der Waals surface area (Å²) in [5.41, 5.74) is 9.80. The summed E-state index contributed by atoms with van der Waals surface area (Å²) in [7, 11) is 0. The number of carbonyl (C=O) groups is 1. The Hall–Kier alpha value is -2.82. The minimum atomic E-state index is -0.310. The van der Waals surface area contributed by atoms with Gasteiger partial charge in [-0.2, -0.15) is 5.10 Å². The predicted octanol–water partition coefficient (Wildman–Crippen LogP) is 1.74. The van der Waals surface area contributed by atoms with Crippen LogP contribution in [0, 0.1) is 0 Å². The number of carbonyl (C=O) groups excluding carboxylic acids is 1. The first-order chi connectivity index (χ1) is 9.15. The third-order valence-electron chi connectivity index (χ3n) is 2.45. The highest BCUT2D eigenvalue weighted by Gasteiger charge is 2.02. The topological polar surface area (TPSA) is 87.7 Å². The SMILES string of the molecule is Nc1ccc(C(=O)N/N=C/c2ccc(O)cc2)cc1. The molecule has 96 valence electrons. The van der Waals surface area contributed by atoms with Gasteiger partial charge in [-0.05, 0) is 54.1 Å². The molecule has 0 fully saturated rings. The standard InChI is InChI=1S/C14H13N3O2/c15-12-5-3-11(4-6-12)14(19)17-16-9-10-1-7-13(18)8-2-10/h1-9,18H,15H2,(H,17,19)/b16-9+. The normalized spacial score (nSPS) is 10.5. The van der Waals surface area contributed by atoms with Gasteiger partial charge in [0.25, 0.3) is 5.91 Å². The number of phenols is 1. The van der Waals surface area contributed by atoms with E-state index in [1.165, 1.54) is 6.21 Å². The molecule has 0 atom stereocenters. The quantitative estimate of drug-likeness (QED) is 0.443. The number of nitrogens with one attached hydrogen (secondary N) is 1. The van der Waals surface area contributed by atoms with Crippen LogP contribution in [0.2, 0.25) is 0 Å². The number of hydrogen-bond donors (Lipinski definition) is 3. The fraction of sp³-hybridized carbons (Fsp3) is 0. The van der Waals surface area contributed by atoms with Crippen LogP contribution in [0.25, 0.3) is 0 Å². The molecule has 0 saturated carbocycles. The van der Waals surface area contributed by atoms with E-state index in [2.05, 4.69) is 10.5 Å². The van der Waals surface area contributed by atoms with Crippen molar-refractivity contribution in [1.29, 1.82) is 0 Å². The van der Waals surface area contributed by atoms with Crippen molar-refractivity contribution in [2.75, 3.05) is 5.73 Å². The van der Waals surface area contributed by atoms with E-state index >= 15 is 0 Å². The van der Waals surface area contributed by atoms with Gasteiger partial charge in [-0.25, -0.2) is 5.43 Å². The Morgan fingerprint density at radius 3 is 2.37 bits per heavy atom. The average molecular weight is 255 g/mol. The number of aromatic hydroxyl groups is 1. The minimum absolute atomic E-state index is 0.183. The molecule has 0 saturated heterocycles. The second-order valence-corrected chi connectivity index (χ2v) is 3.91. The first-order valence-corrected chi connectivity index (χ1v) is 5.63. The van der Waals surface area contributed by atoms with Crippen molar-refractivity contribution in [2.45, 2.75) is 0 Å². The first-order valence-electron chi connectivity index (χ1n) is 5.63. The van der Waals surface area contributed by atoms with E-state index in [4.69, 9.17) is 10.8 Å². The van der Waals surface area contributed by atoms with E-state index < -0.39 is 0 Å². The lowest BCUT2D eigenvalue weighted by Gasteiger charge is -2.00. The summed E-state index contributed by atoms with van der Waals surface area (Å²) >= 11 is 0. The van der Waals surface area contributed by atoms with E-state index in [-0.39, 0.29) is 11.7 Å². The second-order valence-electron chi connectivity index (χ2n) is 3.91. The number of benzene rings is 2. The summed E-state index contributed by atoms with van der Waals surface area (Å²) in [6.45, 7) is 0. The maximum Gasteiger partial charge on any atom is 0.271 e. The van der Waals surface area contributed by atoms with Gasteiger partial charge < -0.3 is 10.8 Å². The van der Waals surface area contributed by atoms with Gasteiger partial charge in [0, 0.05) is 11.3 Å². The molecular weight excluding hydrogens is 242 g/mol. The monoisotopic (exact) mass is 255 g/mol. The molecule has 2 aromatic carbocycles. The van der Waals surface area contributed by atoms with E-state index in [1.54, 1.807) is 48.5 Å². The maximum atomic E-state index is 11.7. The number of amides is 1. The number of nitrogen functional groups attached to an aromatic ring is 1. The van der Waals surface area contributed by atoms with Gasteiger partial charge in [0.05, 0.1) is 6.21 Å². The zero-order chi connectivity index (χ0) is 13.7. The molecule has 0 aliphatic rings. The Labute approximate surface area is 110 Å². The van der Waals surface area contributed by atoms with Gasteiger partial charge >= 0.3 is 0 Å².